The minimum atomic E-state index is -4.08. The molecule has 0 aromatic heterocycles. The summed E-state index contributed by atoms with van der Waals surface area (Å²) in [5, 5.41) is 8.58. The van der Waals surface area contributed by atoms with Crippen LogP contribution >= 0.6 is 0 Å². The fraction of sp³-hybridized carbons (Fsp3) is 0.273. The molecule has 0 spiro atoms. The zero-order chi connectivity index (χ0) is 15.2. The smallest absolute Gasteiger partial charge is 0.422 e. The molecule has 0 aliphatic rings. The van der Waals surface area contributed by atoms with E-state index in [1.807, 2.05) is 0 Å². The first-order valence-corrected chi connectivity index (χ1v) is 7.00. The maximum Gasteiger partial charge on any atom is 0.422 e. The molecule has 0 aliphatic carbocycles. The van der Waals surface area contributed by atoms with Gasteiger partial charge in [-0.05, 0) is 24.1 Å². The summed E-state index contributed by atoms with van der Waals surface area (Å²) in [4.78, 5) is 21.3. The van der Waals surface area contributed by atoms with Gasteiger partial charge in [0.15, 0.2) is 0 Å². The third kappa shape index (κ3) is 5.57. The molecule has 0 heterocycles. The van der Waals surface area contributed by atoms with Gasteiger partial charge in [0.2, 0.25) is 0 Å². The van der Waals surface area contributed by atoms with Crippen LogP contribution in [0.2, 0.25) is 0 Å². The average Bonchev–Trinajstić information content (AvgIpc) is 2.35. The van der Waals surface area contributed by atoms with E-state index in [4.69, 9.17) is 5.11 Å². The van der Waals surface area contributed by atoms with Crippen LogP contribution in [0.3, 0.4) is 0 Å². The second-order valence-corrected chi connectivity index (χ2v) is 5.21. The Bertz CT molecular complexity index is 599. The number of methoxy groups -OCH3 is 1. The van der Waals surface area contributed by atoms with Crippen molar-refractivity contribution in [2.75, 3.05) is 11.8 Å². The van der Waals surface area contributed by atoms with Gasteiger partial charge in [-0.3, -0.25) is 9.52 Å². The monoisotopic (exact) mass is 302 g/mol. The first-order valence-electron chi connectivity index (χ1n) is 5.51. The minimum absolute atomic E-state index is 0.0589. The number of aliphatic carboxylic acids is 1. The summed E-state index contributed by atoms with van der Waals surface area (Å²) in [6, 6.07) is 6.21. The highest BCUT2D eigenvalue weighted by Gasteiger charge is 2.14. The van der Waals surface area contributed by atoms with E-state index in [2.05, 4.69) is 9.46 Å². The zero-order valence-electron chi connectivity index (χ0n) is 10.6. The highest BCUT2D eigenvalue weighted by Crippen LogP contribution is 2.13. The van der Waals surface area contributed by atoms with Crippen molar-refractivity contribution in [3.8, 4) is 0 Å². The van der Waals surface area contributed by atoms with Gasteiger partial charge in [-0.1, -0.05) is 12.1 Å². The van der Waals surface area contributed by atoms with Crippen molar-refractivity contribution in [1.29, 1.82) is 0 Å². The molecular formula is C11H14N2O6S. The predicted molar refractivity (Wildman–Crippen MR) is 70.5 cm³/mol. The Kier molecular flexibility index (Phi) is 5.32. The van der Waals surface area contributed by atoms with E-state index in [1.54, 1.807) is 16.9 Å². The first-order chi connectivity index (χ1) is 9.32. The van der Waals surface area contributed by atoms with Crippen molar-refractivity contribution in [2.45, 2.75) is 12.8 Å². The van der Waals surface area contributed by atoms with Crippen LogP contribution in [0.15, 0.2) is 24.3 Å². The summed E-state index contributed by atoms with van der Waals surface area (Å²) in [6.07, 6.45) is -0.897. The molecule has 20 heavy (non-hydrogen) atoms. The van der Waals surface area contributed by atoms with E-state index in [0.29, 0.717) is 5.56 Å². The number of benzene rings is 1. The summed E-state index contributed by atoms with van der Waals surface area (Å²) < 4.78 is 31.0. The van der Waals surface area contributed by atoms with Gasteiger partial charge in [0.1, 0.15) is 0 Å². The normalized spacial score (nSPS) is 10.7. The molecule has 1 rings (SSSR count). The van der Waals surface area contributed by atoms with Crippen LogP contribution in [0.25, 0.3) is 0 Å². The van der Waals surface area contributed by atoms with Gasteiger partial charge in [0.25, 0.3) is 0 Å². The van der Waals surface area contributed by atoms with Crippen molar-refractivity contribution in [1.82, 2.24) is 4.72 Å². The van der Waals surface area contributed by atoms with Crippen molar-refractivity contribution < 1.29 is 27.9 Å². The number of ether oxygens (including phenoxy) is 1. The van der Waals surface area contributed by atoms with E-state index in [1.165, 1.54) is 12.1 Å². The quantitative estimate of drug-likeness (QED) is 0.711. The van der Waals surface area contributed by atoms with Crippen molar-refractivity contribution in [2.24, 2.45) is 0 Å². The molecule has 0 unspecified atom stereocenters. The lowest BCUT2D eigenvalue weighted by Crippen LogP contribution is -2.35. The lowest BCUT2D eigenvalue weighted by molar-refractivity contribution is -0.136. The van der Waals surface area contributed by atoms with Crippen LogP contribution < -0.4 is 9.44 Å². The second-order valence-electron chi connectivity index (χ2n) is 3.79. The zero-order valence-corrected chi connectivity index (χ0v) is 11.4. The topological polar surface area (TPSA) is 122 Å². The lowest BCUT2D eigenvalue weighted by atomic mass is 10.1. The molecule has 0 saturated heterocycles. The third-order valence-corrected chi connectivity index (χ3v) is 3.15. The van der Waals surface area contributed by atoms with E-state index in [9.17, 15) is 18.0 Å². The number of amides is 1. The molecule has 9 heteroatoms. The summed E-state index contributed by atoms with van der Waals surface area (Å²) in [5.74, 6) is -0.941. The maximum atomic E-state index is 11.5. The molecule has 8 nitrogen and oxygen atoms in total. The molecule has 0 aliphatic heterocycles. The van der Waals surface area contributed by atoms with Gasteiger partial charge in [-0.15, -0.1) is 0 Å². The molecule has 1 amide bonds. The summed E-state index contributed by atoms with van der Waals surface area (Å²) in [6.45, 7) is 0. The molecule has 0 atom stereocenters. The van der Waals surface area contributed by atoms with E-state index in [0.717, 1.165) is 7.11 Å². The Balaban J connectivity index is 2.75. The Labute approximate surface area is 115 Å². The Hall–Kier alpha value is -2.29. The molecule has 1 aromatic rings. The molecule has 3 N–H and O–H groups in total. The van der Waals surface area contributed by atoms with E-state index >= 15 is 0 Å². The number of nitrogens with one attached hydrogen (secondary N) is 2. The molecule has 1 aromatic carbocycles. The number of anilines is 1. The van der Waals surface area contributed by atoms with Crippen LogP contribution in [0.1, 0.15) is 12.0 Å². The van der Waals surface area contributed by atoms with Gasteiger partial charge >= 0.3 is 22.3 Å². The van der Waals surface area contributed by atoms with Crippen molar-refractivity contribution >= 4 is 28.0 Å². The highest BCUT2D eigenvalue weighted by molar-refractivity contribution is 7.91. The number of carbonyl (C=O) groups is 2. The predicted octanol–water partition coefficient (Wildman–Crippen LogP) is 0.716. The fourth-order valence-corrected chi connectivity index (χ4v) is 2.16. The van der Waals surface area contributed by atoms with Crippen LogP contribution in [0.5, 0.6) is 0 Å². The standard InChI is InChI=1S/C11H14N2O6S/c1-19-11(16)13-20(17,18)12-9-4-2-3-8(7-9)5-6-10(14)15/h2-4,7,12H,5-6H2,1H3,(H,13,16)(H,14,15). The summed E-state index contributed by atoms with van der Waals surface area (Å²) in [5.41, 5.74) is 0.870. The molecule has 110 valence electrons. The van der Waals surface area contributed by atoms with Gasteiger partial charge in [-0.25, -0.2) is 9.52 Å². The number of carboxylic acid groups (broad SMARTS) is 1. The highest BCUT2D eigenvalue weighted by atomic mass is 32.2. The lowest BCUT2D eigenvalue weighted by Gasteiger charge is -2.09. The number of carbonyl (C=O) groups excluding carboxylic acids is 1. The van der Waals surface area contributed by atoms with E-state index < -0.39 is 22.3 Å². The average molecular weight is 302 g/mol. The molecule has 0 saturated carbocycles. The number of aryl methyl sites for hydroxylation is 1. The molecule has 0 fully saturated rings. The van der Waals surface area contributed by atoms with Crippen LogP contribution in [-0.4, -0.2) is 32.7 Å². The first kappa shape index (κ1) is 15.8. The number of hydrogen-bond donors (Lipinski definition) is 3. The SMILES string of the molecule is COC(=O)NS(=O)(=O)Nc1cccc(CCC(=O)O)c1. The maximum absolute atomic E-state index is 11.5. The van der Waals surface area contributed by atoms with Gasteiger partial charge in [0, 0.05) is 6.42 Å². The number of hydrogen-bond acceptors (Lipinski definition) is 5. The van der Waals surface area contributed by atoms with Gasteiger partial charge in [0.05, 0.1) is 12.8 Å². The van der Waals surface area contributed by atoms with Crippen LogP contribution in [-0.2, 0) is 26.2 Å². The van der Waals surface area contributed by atoms with Gasteiger partial charge < -0.3 is 9.84 Å². The summed E-state index contributed by atoms with van der Waals surface area (Å²) in [7, 11) is -3.05. The molecular weight excluding hydrogens is 288 g/mol. The Morgan fingerprint density at radius 3 is 2.65 bits per heavy atom. The molecule has 0 radical (unpaired) electrons. The third-order valence-electron chi connectivity index (χ3n) is 2.21. The van der Waals surface area contributed by atoms with Crippen LogP contribution in [0.4, 0.5) is 10.5 Å². The molecule has 0 bridgehead atoms. The Morgan fingerprint density at radius 2 is 2.05 bits per heavy atom. The van der Waals surface area contributed by atoms with Crippen LogP contribution in [0, 0.1) is 0 Å². The largest absolute Gasteiger partial charge is 0.481 e. The number of rotatable bonds is 6. The van der Waals surface area contributed by atoms with Crippen molar-refractivity contribution in [3.05, 3.63) is 29.8 Å². The van der Waals surface area contributed by atoms with Gasteiger partial charge in [-0.2, -0.15) is 8.42 Å². The summed E-state index contributed by atoms with van der Waals surface area (Å²) >= 11 is 0. The van der Waals surface area contributed by atoms with Crippen molar-refractivity contribution in [3.63, 3.8) is 0 Å². The Morgan fingerprint density at radius 1 is 1.35 bits per heavy atom. The minimum Gasteiger partial charge on any atom is -0.481 e. The number of carboxylic acids is 1. The van der Waals surface area contributed by atoms with E-state index in [-0.39, 0.29) is 18.5 Å². The second kappa shape index (κ2) is 6.75. The fourth-order valence-electron chi connectivity index (χ4n) is 1.37.